The van der Waals surface area contributed by atoms with Gasteiger partial charge < -0.3 is 15.0 Å². The number of aliphatic imine (C=N–C) groups is 1. The van der Waals surface area contributed by atoms with Crippen LogP contribution in [0.4, 0.5) is 0 Å². The van der Waals surface area contributed by atoms with Crippen molar-refractivity contribution in [1.82, 2.24) is 10.2 Å². The quantitative estimate of drug-likeness (QED) is 0.624. The van der Waals surface area contributed by atoms with Crippen molar-refractivity contribution in [3.8, 4) is 0 Å². The van der Waals surface area contributed by atoms with Crippen LogP contribution in [0.1, 0.15) is 57.8 Å². The fourth-order valence-electron chi connectivity index (χ4n) is 5.14. The van der Waals surface area contributed by atoms with Gasteiger partial charge in [-0.3, -0.25) is 4.99 Å². The average Bonchev–Trinajstić information content (AvgIpc) is 3.21. The van der Waals surface area contributed by atoms with Crippen LogP contribution in [-0.2, 0) is 4.74 Å². The van der Waals surface area contributed by atoms with E-state index in [1.807, 2.05) is 14.2 Å². The van der Waals surface area contributed by atoms with Crippen LogP contribution in [0, 0.1) is 17.3 Å². The molecule has 2 aliphatic carbocycles. The summed E-state index contributed by atoms with van der Waals surface area (Å²) >= 11 is 0. The van der Waals surface area contributed by atoms with Crippen molar-refractivity contribution in [2.24, 2.45) is 22.2 Å². The van der Waals surface area contributed by atoms with Gasteiger partial charge in [-0.1, -0.05) is 25.7 Å². The van der Waals surface area contributed by atoms with Crippen molar-refractivity contribution in [3.05, 3.63) is 0 Å². The van der Waals surface area contributed by atoms with E-state index in [0.29, 0.717) is 5.41 Å². The van der Waals surface area contributed by atoms with Crippen LogP contribution < -0.4 is 5.32 Å². The van der Waals surface area contributed by atoms with Crippen LogP contribution >= 0.6 is 0 Å². The predicted octanol–water partition coefficient (Wildman–Crippen LogP) is 3.28. The third-order valence-electron chi connectivity index (χ3n) is 6.61. The zero-order valence-electron chi connectivity index (χ0n) is 15.1. The van der Waals surface area contributed by atoms with E-state index in [-0.39, 0.29) is 0 Å². The number of hydrogen-bond donors (Lipinski definition) is 1. The van der Waals surface area contributed by atoms with Gasteiger partial charge in [0, 0.05) is 40.4 Å². The van der Waals surface area contributed by atoms with E-state index in [0.717, 1.165) is 30.9 Å². The minimum atomic E-state index is 0.429. The molecule has 4 nitrogen and oxygen atoms in total. The van der Waals surface area contributed by atoms with Crippen LogP contribution in [-0.4, -0.2) is 51.3 Å². The molecule has 0 aromatic carbocycles. The van der Waals surface area contributed by atoms with Crippen molar-refractivity contribution in [3.63, 3.8) is 0 Å². The Labute approximate surface area is 142 Å². The number of hydrogen-bond acceptors (Lipinski definition) is 2. The minimum absolute atomic E-state index is 0.429. The lowest BCUT2D eigenvalue weighted by atomic mass is 9.82. The molecule has 4 heteroatoms. The normalized spacial score (nSPS) is 30.5. The molecule has 23 heavy (non-hydrogen) atoms. The molecule has 0 aromatic rings. The predicted molar refractivity (Wildman–Crippen MR) is 95.8 cm³/mol. The molecule has 3 fully saturated rings. The number of nitrogens with zero attached hydrogens (tertiary/aromatic N) is 2. The van der Waals surface area contributed by atoms with Crippen LogP contribution in [0.5, 0.6) is 0 Å². The second-order valence-electron chi connectivity index (χ2n) is 8.06. The molecule has 3 aliphatic rings. The second-order valence-corrected chi connectivity index (χ2v) is 8.06. The van der Waals surface area contributed by atoms with Gasteiger partial charge in [0.25, 0.3) is 0 Å². The number of rotatable bonds is 5. The zero-order valence-corrected chi connectivity index (χ0v) is 15.1. The molecule has 0 spiro atoms. The van der Waals surface area contributed by atoms with Gasteiger partial charge >= 0.3 is 0 Å². The summed E-state index contributed by atoms with van der Waals surface area (Å²) in [5.74, 6) is 2.97. The number of nitrogens with one attached hydrogen (secondary N) is 1. The summed E-state index contributed by atoms with van der Waals surface area (Å²) < 4.78 is 5.36. The fraction of sp³-hybridized carbons (Fsp3) is 0.947. The summed E-state index contributed by atoms with van der Waals surface area (Å²) in [5.41, 5.74) is 0.429. The molecule has 1 N–H and O–H groups in total. The fourth-order valence-corrected chi connectivity index (χ4v) is 5.14. The molecule has 2 unspecified atom stereocenters. The highest BCUT2D eigenvalue weighted by molar-refractivity contribution is 5.80. The maximum Gasteiger partial charge on any atom is 0.193 e. The molecular weight excluding hydrogens is 286 g/mol. The number of guanidine groups is 1. The molecule has 1 saturated heterocycles. The van der Waals surface area contributed by atoms with E-state index in [2.05, 4.69) is 15.2 Å². The number of ether oxygens (including phenoxy) is 1. The van der Waals surface area contributed by atoms with Crippen LogP contribution in [0.25, 0.3) is 0 Å². The van der Waals surface area contributed by atoms with Gasteiger partial charge in [0.2, 0.25) is 0 Å². The first-order valence-corrected chi connectivity index (χ1v) is 9.71. The first-order chi connectivity index (χ1) is 11.3. The SMILES string of the molecule is CN=C(NCC1(CCOC)CCCC1)N1CC2CCCCC2C1. The first-order valence-electron chi connectivity index (χ1n) is 9.71. The topological polar surface area (TPSA) is 36.9 Å². The monoisotopic (exact) mass is 321 g/mol. The highest BCUT2D eigenvalue weighted by Crippen LogP contribution is 2.41. The number of fused-ring (bicyclic) bond motifs is 1. The van der Waals surface area contributed by atoms with Crippen molar-refractivity contribution in [1.29, 1.82) is 0 Å². The van der Waals surface area contributed by atoms with Crippen molar-refractivity contribution in [2.75, 3.05) is 40.4 Å². The largest absolute Gasteiger partial charge is 0.385 e. The standard InChI is InChI=1S/C19H35N3O/c1-20-18(22-13-16-7-3-4-8-17(16)14-22)21-15-19(11-12-23-2)9-5-6-10-19/h16-17H,3-15H2,1-2H3,(H,20,21). The summed E-state index contributed by atoms with van der Waals surface area (Å²) in [6, 6.07) is 0. The molecule has 2 saturated carbocycles. The molecule has 2 atom stereocenters. The van der Waals surface area contributed by atoms with Gasteiger partial charge in [0.15, 0.2) is 5.96 Å². The van der Waals surface area contributed by atoms with Crippen LogP contribution in [0.2, 0.25) is 0 Å². The van der Waals surface area contributed by atoms with Gasteiger partial charge in [-0.2, -0.15) is 0 Å². The third-order valence-corrected chi connectivity index (χ3v) is 6.61. The molecular formula is C19H35N3O. The highest BCUT2D eigenvalue weighted by Gasteiger charge is 2.37. The minimum Gasteiger partial charge on any atom is -0.385 e. The van der Waals surface area contributed by atoms with Crippen molar-refractivity contribution >= 4 is 5.96 Å². The Kier molecular flexibility index (Phi) is 5.84. The van der Waals surface area contributed by atoms with E-state index in [1.54, 1.807) is 0 Å². The molecule has 1 aliphatic heterocycles. The van der Waals surface area contributed by atoms with Gasteiger partial charge in [-0.15, -0.1) is 0 Å². The van der Waals surface area contributed by atoms with Gasteiger partial charge in [-0.25, -0.2) is 0 Å². The smallest absolute Gasteiger partial charge is 0.193 e. The van der Waals surface area contributed by atoms with E-state index >= 15 is 0 Å². The molecule has 0 aromatic heterocycles. The third kappa shape index (κ3) is 4.01. The lowest BCUT2D eigenvalue weighted by Gasteiger charge is -2.31. The maximum atomic E-state index is 5.36. The number of methoxy groups -OCH3 is 1. The molecule has 1 heterocycles. The summed E-state index contributed by atoms with van der Waals surface area (Å²) in [7, 11) is 3.77. The van der Waals surface area contributed by atoms with Crippen LogP contribution in [0.15, 0.2) is 4.99 Å². The Morgan fingerprint density at radius 1 is 1.13 bits per heavy atom. The van der Waals surface area contributed by atoms with E-state index < -0.39 is 0 Å². The van der Waals surface area contributed by atoms with Gasteiger partial charge in [0.05, 0.1) is 0 Å². The summed E-state index contributed by atoms with van der Waals surface area (Å²) in [5, 5.41) is 3.73. The molecule has 0 radical (unpaired) electrons. The Morgan fingerprint density at radius 2 is 1.78 bits per heavy atom. The van der Waals surface area contributed by atoms with Gasteiger partial charge in [0.1, 0.15) is 0 Å². The number of likely N-dealkylation sites (tertiary alicyclic amines) is 1. The summed E-state index contributed by atoms with van der Waals surface area (Å²) in [6.45, 7) is 4.38. The molecule has 132 valence electrons. The van der Waals surface area contributed by atoms with E-state index in [9.17, 15) is 0 Å². The maximum absolute atomic E-state index is 5.36. The Balaban J connectivity index is 1.55. The van der Waals surface area contributed by atoms with E-state index in [4.69, 9.17) is 4.74 Å². The van der Waals surface area contributed by atoms with E-state index in [1.165, 1.54) is 70.9 Å². The van der Waals surface area contributed by atoms with Crippen molar-refractivity contribution in [2.45, 2.75) is 57.8 Å². The Hall–Kier alpha value is -0.770. The highest BCUT2D eigenvalue weighted by atomic mass is 16.5. The first kappa shape index (κ1) is 17.1. The molecule has 0 amide bonds. The molecule has 3 rings (SSSR count). The molecule has 0 bridgehead atoms. The second kappa shape index (κ2) is 7.87. The lowest BCUT2D eigenvalue weighted by Crippen LogP contribution is -2.45. The Morgan fingerprint density at radius 3 is 2.35 bits per heavy atom. The van der Waals surface area contributed by atoms with Gasteiger partial charge in [-0.05, 0) is 49.4 Å². The summed E-state index contributed by atoms with van der Waals surface area (Å²) in [4.78, 5) is 7.13. The zero-order chi connectivity index (χ0) is 16.1. The van der Waals surface area contributed by atoms with Crippen molar-refractivity contribution < 1.29 is 4.74 Å². The van der Waals surface area contributed by atoms with Crippen LogP contribution in [0.3, 0.4) is 0 Å². The summed E-state index contributed by atoms with van der Waals surface area (Å²) in [6.07, 6.45) is 12.3. The average molecular weight is 322 g/mol. The Bertz CT molecular complexity index is 389. The lowest BCUT2D eigenvalue weighted by molar-refractivity contribution is 0.138.